The van der Waals surface area contributed by atoms with E-state index in [4.69, 9.17) is 4.74 Å². The number of benzene rings is 1. The second-order valence-corrected chi connectivity index (χ2v) is 7.41. The van der Waals surface area contributed by atoms with Crippen LogP contribution >= 0.6 is 0 Å². The summed E-state index contributed by atoms with van der Waals surface area (Å²) in [5.74, 6) is 0.898. The second kappa shape index (κ2) is 9.74. The average molecular weight is 373 g/mol. The Balaban J connectivity index is 1.37. The summed E-state index contributed by atoms with van der Waals surface area (Å²) in [4.78, 5) is 20.9. The quantitative estimate of drug-likeness (QED) is 0.370. The molecule has 148 valence electrons. The molecule has 0 aromatic heterocycles. The zero-order valence-electron chi connectivity index (χ0n) is 16.6. The van der Waals surface area contributed by atoms with Gasteiger partial charge in [0.25, 0.3) is 0 Å². The largest absolute Gasteiger partial charge is 0.469 e. The minimum Gasteiger partial charge on any atom is -0.469 e. The number of nitrogens with zero attached hydrogens (tertiary/aromatic N) is 3. The summed E-state index contributed by atoms with van der Waals surface area (Å²) in [5, 5.41) is 3.49. The molecule has 1 fully saturated rings. The monoisotopic (exact) mass is 372 g/mol. The van der Waals surface area contributed by atoms with Gasteiger partial charge in [-0.3, -0.25) is 14.7 Å². The highest BCUT2D eigenvalue weighted by Crippen LogP contribution is 2.19. The van der Waals surface area contributed by atoms with Gasteiger partial charge >= 0.3 is 5.97 Å². The van der Waals surface area contributed by atoms with Crippen molar-refractivity contribution in [1.82, 2.24) is 15.1 Å². The first-order valence-corrected chi connectivity index (χ1v) is 10.0. The van der Waals surface area contributed by atoms with Crippen LogP contribution in [0.3, 0.4) is 0 Å². The number of likely N-dealkylation sites (tertiary alicyclic amines) is 1. The highest BCUT2D eigenvalue weighted by molar-refractivity contribution is 5.80. The summed E-state index contributed by atoms with van der Waals surface area (Å²) < 4.78 is 4.86. The minimum atomic E-state index is -0.0827. The molecule has 0 saturated carbocycles. The van der Waals surface area contributed by atoms with Crippen LogP contribution in [0.5, 0.6) is 0 Å². The molecule has 2 aliphatic rings. The summed E-state index contributed by atoms with van der Waals surface area (Å²) in [6, 6.07) is 8.77. The van der Waals surface area contributed by atoms with Gasteiger partial charge in [-0.1, -0.05) is 24.3 Å². The van der Waals surface area contributed by atoms with Gasteiger partial charge < -0.3 is 15.0 Å². The summed E-state index contributed by atoms with van der Waals surface area (Å²) >= 11 is 0. The molecule has 6 heteroatoms. The molecule has 27 heavy (non-hydrogen) atoms. The van der Waals surface area contributed by atoms with E-state index in [1.807, 2.05) is 7.05 Å². The van der Waals surface area contributed by atoms with Gasteiger partial charge in [-0.25, -0.2) is 0 Å². The lowest BCUT2D eigenvalue weighted by Crippen LogP contribution is -2.47. The molecule has 0 aliphatic carbocycles. The summed E-state index contributed by atoms with van der Waals surface area (Å²) in [6.45, 7) is 5.92. The number of fused-ring (bicyclic) bond motifs is 1. The lowest BCUT2D eigenvalue weighted by Gasteiger charge is -2.33. The van der Waals surface area contributed by atoms with Gasteiger partial charge in [0.15, 0.2) is 5.96 Å². The fourth-order valence-corrected chi connectivity index (χ4v) is 4.07. The van der Waals surface area contributed by atoms with Crippen molar-refractivity contribution in [2.75, 3.05) is 46.9 Å². The number of carbonyl (C=O) groups excluding carboxylic acids is 1. The Morgan fingerprint density at radius 2 is 1.96 bits per heavy atom. The van der Waals surface area contributed by atoms with Crippen molar-refractivity contribution in [3.8, 4) is 0 Å². The number of methoxy groups -OCH3 is 1. The van der Waals surface area contributed by atoms with E-state index in [9.17, 15) is 4.79 Å². The molecular formula is C21H32N4O2. The zero-order valence-corrected chi connectivity index (χ0v) is 16.6. The van der Waals surface area contributed by atoms with Gasteiger partial charge in [-0.05, 0) is 36.8 Å². The molecule has 1 aromatic rings. The molecular weight excluding hydrogens is 340 g/mol. The van der Waals surface area contributed by atoms with Crippen LogP contribution in [0.4, 0.5) is 0 Å². The summed E-state index contributed by atoms with van der Waals surface area (Å²) in [6.07, 6.45) is 3.92. The first kappa shape index (κ1) is 19.7. The van der Waals surface area contributed by atoms with Gasteiger partial charge in [0.2, 0.25) is 0 Å². The van der Waals surface area contributed by atoms with Crippen molar-refractivity contribution in [3.05, 3.63) is 35.4 Å². The SMILES string of the molecule is CN=C(NCCCN1CCc2ccccc2C1)N1CCC(C(=O)OC)CC1. The molecule has 2 aliphatic heterocycles. The molecule has 1 aromatic carbocycles. The van der Waals surface area contributed by atoms with E-state index < -0.39 is 0 Å². The number of aliphatic imine (C=N–C) groups is 1. The molecule has 0 bridgehead atoms. The normalized spacial score (nSPS) is 18.9. The van der Waals surface area contributed by atoms with Crippen LogP contribution in [0.2, 0.25) is 0 Å². The Morgan fingerprint density at radius 1 is 1.22 bits per heavy atom. The molecule has 2 heterocycles. The lowest BCUT2D eigenvalue weighted by molar-refractivity contribution is -0.146. The van der Waals surface area contributed by atoms with Crippen LogP contribution in [-0.2, 0) is 22.5 Å². The third kappa shape index (κ3) is 5.22. The predicted molar refractivity (Wildman–Crippen MR) is 108 cm³/mol. The molecule has 0 atom stereocenters. The third-order valence-corrected chi connectivity index (χ3v) is 5.68. The molecule has 1 N–H and O–H groups in total. The van der Waals surface area contributed by atoms with Crippen LogP contribution < -0.4 is 5.32 Å². The number of rotatable bonds is 5. The Bertz CT molecular complexity index is 653. The van der Waals surface area contributed by atoms with E-state index in [2.05, 4.69) is 44.4 Å². The molecule has 3 rings (SSSR count). The number of piperidine rings is 1. The first-order chi connectivity index (χ1) is 13.2. The van der Waals surface area contributed by atoms with Crippen molar-refractivity contribution in [2.45, 2.75) is 32.2 Å². The van der Waals surface area contributed by atoms with Crippen LogP contribution in [-0.4, -0.2) is 68.6 Å². The highest BCUT2D eigenvalue weighted by Gasteiger charge is 2.26. The topological polar surface area (TPSA) is 57.2 Å². The van der Waals surface area contributed by atoms with E-state index in [1.165, 1.54) is 18.2 Å². The van der Waals surface area contributed by atoms with E-state index in [0.29, 0.717) is 0 Å². The Kier molecular flexibility index (Phi) is 7.10. The first-order valence-electron chi connectivity index (χ1n) is 10.0. The van der Waals surface area contributed by atoms with Crippen molar-refractivity contribution < 1.29 is 9.53 Å². The fraction of sp³-hybridized carbons (Fsp3) is 0.619. The number of ether oxygens (including phenoxy) is 1. The van der Waals surface area contributed by atoms with Gasteiger partial charge in [0, 0.05) is 46.3 Å². The van der Waals surface area contributed by atoms with E-state index in [1.54, 1.807) is 0 Å². The molecule has 1 saturated heterocycles. The van der Waals surface area contributed by atoms with Crippen LogP contribution in [0.25, 0.3) is 0 Å². The number of hydrogen-bond acceptors (Lipinski definition) is 4. The smallest absolute Gasteiger partial charge is 0.308 e. The second-order valence-electron chi connectivity index (χ2n) is 7.41. The van der Waals surface area contributed by atoms with Gasteiger partial charge in [0.1, 0.15) is 0 Å². The van der Waals surface area contributed by atoms with E-state index in [0.717, 1.165) is 70.9 Å². The Morgan fingerprint density at radius 3 is 2.67 bits per heavy atom. The lowest BCUT2D eigenvalue weighted by atomic mass is 9.97. The van der Waals surface area contributed by atoms with E-state index >= 15 is 0 Å². The predicted octanol–water partition coefficient (Wildman–Crippen LogP) is 1.90. The number of carbonyl (C=O) groups is 1. The minimum absolute atomic E-state index is 0.0336. The molecule has 0 unspecified atom stereocenters. The van der Waals surface area contributed by atoms with Gasteiger partial charge in [-0.15, -0.1) is 0 Å². The maximum Gasteiger partial charge on any atom is 0.308 e. The standard InChI is InChI=1S/C21H32N4O2/c1-22-21(25-14-9-18(10-15-25)20(26)27-2)23-11-5-12-24-13-8-17-6-3-4-7-19(17)16-24/h3-4,6-7,18H,5,8-16H2,1-2H3,(H,22,23). The molecule has 6 nitrogen and oxygen atoms in total. The summed E-state index contributed by atoms with van der Waals surface area (Å²) in [7, 11) is 3.30. The van der Waals surface area contributed by atoms with E-state index in [-0.39, 0.29) is 11.9 Å². The van der Waals surface area contributed by atoms with Crippen LogP contribution in [0, 0.1) is 5.92 Å². The number of esters is 1. The van der Waals surface area contributed by atoms with Gasteiger partial charge in [-0.2, -0.15) is 0 Å². The average Bonchev–Trinajstić information content (AvgIpc) is 2.73. The van der Waals surface area contributed by atoms with Crippen LogP contribution in [0.15, 0.2) is 29.3 Å². The summed E-state index contributed by atoms with van der Waals surface area (Å²) in [5.41, 5.74) is 2.98. The number of hydrogen-bond donors (Lipinski definition) is 1. The zero-order chi connectivity index (χ0) is 19.1. The number of nitrogens with one attached hydrogen (secondary N) is 1. The van der Waals surface area contributed by atoms with Crippen molar-refractivity contribution in [3.63, 3.8) is 0 Å². The molecule has 0 radical (unpaired) electrons. The maximum atomic E-state index is 11.7. The Labute approximate surface area is 162 Å². The van der Waals surface area contributed by atoms with Crippen LogP contribution in [0.1, 0.15) is 30.4 Å². The van der Waals surface area contributed by atoms with Crippen molar-refractivity contribution >= 4 is 11.9 Å². The molecule has 0 spiro atoms. The number of guanidine groups is 1. The third-order valence-electron chi connectivity index (χ3n) is 5.68. The maximum absolute atomic E-state index is 11.7. The van der Waals surface area contributed by atoms with Crippen molar-refractivity contribution in [1.29, 1.82) is 0 Å². The Hall–Kier alpha value is -2.08. The molecule has 0 amide bonds. The van der Waals surface area contributed by atoms with Gasteiger partial charge in [0.05, 0.1) is 13.0 Å². The fourth-order valence-electron chi connectivity index (χ4n) is 4.07. The van der Waals surface area contributed by atoms with Crippen molar-refractivity contribution in [2.24, 2.45) is 10.9 Å². The highest BCUT2D eigenvalue weighted by atomic mass is 16.5.